The van der Waals surface area contributed by atoms with E-state index in [9.17, 15) is 13.2 Å². The molecule has 4 nitrogen and oxygen atoms in total. The maximum absolute atomic E-state index is 13.9. The summed E-state index contributed by atoms with van der Waals surface area (Å²) in [5, 5.41) is 1.98. The first kappa shape index (κ1) is 22.0. The number of ether oxygens (including phenoxy) is 4. The molecule has 7 heteroatoms. The molecule has 2 heterocycles. The summed E-state index contributed by atoms with van der Waals surface area (Å²) >= 11 is 0. The Labute approximate surface area is 202 Å². The summed E-state index contributed by atoms with van der Waals surface area (Å²) < 4.78 is 63.6. The predicted octanol–water partition coefficient (Wildman–Crippen LogP) is 6.40. The third kappa shape index (κ3) is 3.07. The van der Waals surface area contributed by atoms with E-state index in [1.165, 1.54) is 58.3 Å². The Morgan fingerprint density at radius 1 is 0.914 bits per heavy atom. The van der Waals surface area contributed by atoms with Crippen molar-refractivity contribution in [3.05, 3.63) is 52.8 Å². The number of halogens is 3. The molecule has 2 aromatic carbocycles. The van der Waals surface area contributed by atoms with Gasteiger partial charge in [0, 0.05) is 31.8 Å². The van der Waals surface area contributed by atoms with Crippen molar-refractivity contribution >= 4 is 10.8 Å². The number of methoxy groups -OCH3 is 2. The van der Waals surface area contributed by atoms with Gasteiger partial charge in [0.05, 0.1) is 0 Å². The Bertz CT molecular complexity index is 1210. The number of fused-ring (bicyclic) bond motifs is 4. The van der Waals surface area contributed by atoms with Crippen molar-refractivity contribution in [3.63, 3.8) is 0 Å². The van der Waals surface area contributed by atoms with E-state index in [0.717, 1.165) is 34.1 Å². The monoisotopic (exact) mass is 486 g/mol. The van der Waals surface area contributed by atoms with Crippen LogP contribution >= 0.6 is 0 Å². The molecule has 4 bridgehead atoms. The SMILES string of the molecule is COC1(OC)OC(C(F)(F)F)=C2Cc3c(ccc4cc(C56CC7CC(CC(C7)C5)C6)ccc34)OC21. The van der Waals surface area contributed by atoms with Crippen molar-refractivity contribution < 1.29 is 32.1 Å². The molecule has 2 aromatic rings. The molecule has 1 unspecified atom stereocenters. The van der Waals surface area contributed by atoms with Gasteiger partial charge in [-0.3, -0.25) is 0 Å². The predicted molar refractivity (Wildman–Crippen MR) is 123 cm³/mol. The summed E-state index contributed by atoms with van der Waals surface area (Å²) in [5.74, 6) is 0.0430. The molecule has 1 atom stereocenters. The lowest BCUT2D eigenvalue weighted by atomic mass is 9.48. The smallest absolute Gasteiger partial charge is 0.449 e. The average molecular weight is 487 g/mol. The second kappa shape index (κ2) is 7.16. The largest absolute Gasteiger partial charge is 0.476 e. The minimum absolute atomic E-state index is 0.00589. The zero-order valence-electron chi connectivity index (χ0n) is 19.9. The summed E-state index contributed by atoms with van der Waals surface area (Å²) in [4.78, 5) is 0. The minimum Gasteiger partial charge on any atom is -0.476 e. The zero-order chi connectivity index (χ0) is 24.2. The lowest BCUT2D eigenvalue weighted by molar-refractivity contribution is -0.370. The van der Waals surface area contributed by atoms with Gasteiger partial charge in [0.2, 0.25) is 11.9 Å². The number of allylic oxidation sites excluding steroid dienone is 1. The van der Waals surface area contributed by atoms with Crippen LogP contribution in [0.15, 0.2) is 41.7 Å². The number of rotatable bonds is 3. The first-order chi connectivity index (χ1) is 16.7. The molecular formula is C28H29F3O4. The summed E-state index contributed by atoms with van der Waals surface area (Å²) in [6.45, 7) is 0. The van der Waals surface area contributed by atoms with Crippen LogP contribution in [0.25, 0.3) is 10.8 Å². The van der Waals surface area contributed by atoms with Crippen molar-refractivity contribution in [1.82, 2.24) is 0 Å². The Morgan fingerprint density at radius 3 is 2.17 bits per heavy atom. The molecule has 0 N–H and O–H groups in total. The molecule has 186 valence electrons. The van der Waals surface area contributed by atoms with E-state index in [2.05, 4.69) is 18.2 Å². The van der Waals surface area contributed by atoms with Crippen molar-refractivity contribution in [2.75, 3.05) is 14.2 Å². The Kier molecular flexibility index (Phi) is 4.50. The fourth-order valence-electron chi connectivity index (χ4n) is 8.31. The number of benzene rings is 2. The quantitative estimate of drug-likeness (QED) is 0.470. The first-order valence-corrected chi connectivity index (χ1v) is 12.6. The maximum atomic E-state index is 13.9. The van der Waals surface area contributed by atoms with Crippen LogP contribution in [0.5, 0.6) is 5.75 Å². The molecule has 8 rings (SSSR count). The molecule has 35 heavy (non-hydrogen) atoms. The van der Waals surface area contributed by atoms with E-state index >= 15 is 0 Å². The van der Waals surface area contributed by atoms with Crippen LogP contribution in [0.2, 0.25) is 0 Å². The summed E-state index contributed by atoms with van der Waals surface area (Å²) in [7, 11) is 2.51. The van der Waals surface area contributed by atoms with Crippen LogP contribution in [0.3, 0.4) is 0 Å². The molecule has 0 amide bonds. The highest BCUT2D eigenvalue weighted by atomic mass is 19.4. The van der Waals surface area contributed by atoms with Crippen LogP contribution in [0, 0.1) is 17.8 Å². The molecule has 0 radical (unpaired) electrons. The molecule has 4 saturated carbocycles. The van der Waals surface area contributed by atoms with Crippen molar-refractivity contribution in [2.45, 2.75) is 68.6 Å². The van der Waals surface area contributed by atoms with E-state index in [0.29, 0.717) is 5.75 Å². The Hall–Kier alpha value is -2.25. The van der Waals surface area contributed by atoms with Gasteiger partial charge in [-0.1, -0.05) is 24.3 Å². The van der Waals surface area contributed by atoms with Crippen LogP contribution < -0.4 is 4.74 Å². The van der Waals surface area contributed by atoms with Crippen molar-refractivity contribution in [3.8, 4) is 5.75 Å². The second-order valence-corrected chi connectivity index (χ2v) is 11.3. The summed E-state index contributed by atoms with van der Waals surface area (Å²) in [6, 6.07) is 10.5. The number of hydrogen-bond donors (Lipinski definition) is 0. The van der Waals surface area contributed by atoms with Gasteiger partial charge in [-0.25, -0.2) is 0 Å². The van der Waals surface area contributed by atoms with Gasteiger partial charge >= 0.3 is 12.1 Å². The lowest BCUT2D eigenvalue weighted by Gasteiger charge is -2.57. The fourth-order valence-corrected chi connectivity index (χ4v) is 8.31. The van der Waals surface area contributed by atoms with Crippen LogP contribution in [0.4, 0.5) is 13.2 Å². The minimum atomic E-state index is -4.68. The van der Waals surface area contributed by atoms with E-state index in [1.807, 2.05) is 12.1 Å². The Morgan fingerprint density at radius 2 is 1.57 bits per heavy atom. The highest BCUT2D eigenvalue weighted by Gasteiger charge is 2.61. The van der Waals surface area contributed by atoms with Gasteiger partial charge in [0.15, 0.2) is 0 Å². The zero-order valence-corrected chi connectivity index (χ0v) is 19.9. The van der Waals surface area contributed by atoms with Gasteiger partial charge in [-0.15, -0.1) is 0 Å². The molecule has 4 fully saturated rings. The van der Waals surface area contributed by atoms with Crippen molar-refractivity contribution in [2.24, 2.45) is 17.8 Å². The van der Waals surface area contributed by atoms with Gasteiger partial charge in [-0.05, 0) is 84.1 Å². The third-order valence-electron chi connectivity index (χ3n) is 9.35. The van der Waals surface area contributed by atoms with E-state index in [1.54, 1.807) is 0 Å². The van der Waals surface area contributed by atoms with Crippen LogP contribution in [-0.2, 0) is 26.0 Å². The van der Waals surface area contributed by atoms with E-state index in [-0.39, 0.29) is 17.4 Å². The molecule has 4 aliphatic carbocycles. The van der Waals surface area contributed by atoms with Gasteiger partial charge < -0.3 is 18.9 Å². The van der Waals surface area contributed by atoms with Crippen molar-refractivity contribution in [1.29, 1.82) is 0 Å². The van der Waals surface area contributed by atoms with Gasteiger partial charge in [-0.2, -0.15) is 13.2 Å². The average Bonchev–Trinajstić information content (AvgIpc) is 3.16. The number of alkyl halides is 3. The van der Waals surface area contributed by atoms with Gasteiger partial charge in [0.25, 0.3) is 0 Å². The van der Waals surface area contributed by atoms with Gasteiger partial charge in [0.1, 0.15) is 5.75 Å². The molecule has 6 aliphatic rings. The summed E-state index contributed by atoms with van der Waals surface area (Å²) in [6.07, 6.45) is 2.25. The first-order valence-electron chi connectivity index (χ1n) is 12.6. The van der Waals surface area contributed by atoms with E-state index < -0.39 is 24.0 Å². The fraction of sp³-hybridized carbons (Fsp3) is 0.571. The second-order valence-electron chi connectivity index (χ2n) is 11.3. The third-order valence-corrected chi connectivity index (χ3v) is 9.35. The Balaban J connectivity index is 1.31. The topological polar surface area (TPSA) is 36.9 Å². The molecule has 0 saturated heterocycles. The molecule has 0 aromatic heterocycles. The highest BCUT2D eigenvalue weighted by molar-refractivity contribution is 5.89. The number of hydrogen-bond acceptors (Lipinski definition) is 4. The molecule has 2 aliphatic heterocycles. The highest BCUT2D eigenvalue weighted by Crippen LogP contribution is 2.61. The maximum Gasteiger partial charge on any atom is 0.449 e. The lowest BCUT2D eigenvalue weighted by Crippen LogP contribution is -2.49. The molecule has 0 spiro atoms. The van der Waals surface area contributed by atoms with E-state index in [4.69, 9.17) is 18.9 Å². The molecular weight excluding hydrogens is 457 g/mol. The van der Waals surface area contributed by atoms with Crippen LogP contribution in [-0.4, -0.2) is 32.5 Å². The summed E-state index contributed by atoms with van der Waals surface area (Å²) in [5.41, 5.74) is 2.42. The standard InChI is InChI=1S/C28H29F3O4/c1-32-28(33-2)25-22(24(35-28)27(29,30)31)11-21-20-5-4-19(10-18(20)3-6-23(21)34-25)26-12-15-7-16(13-26)9-17(8-15)14-26/h3-6,10,15-17,25H,7-9,11-14H2,1-2H3. The normalized spacial score (nSPS) is 34.5. The van der Waals surface area contributed by atoms with Crippen LogP contribution in [0.1, 0.15) is 49.7 Å².